The third-order valence-corrected chi connectivity index (χ3v) is 7.31. The molecule has 0 unspecified atom stereocenters. The fourth-order valence-corrected chi connectivity index (χ4v) is 5.85. The van der Waals surface area contributed by atoms with Crippen LogP contribution < -0.4 is 5.32 Å². The summed E-state index contributed by atoms with van der Waals surface area (Å²) in [5, 5.41) is 4.27. The number of hydrogen-bond acceptors (Lipinski definition) is 6. The summed E-state index contributed by atoms with van der Waals surface area (Å²) >= 11 is 2.86. The molecule has 7 heteroatoms. The Labute approximate surface area is 190 Å². The van der Waals surface area contributed by atoms with Crippen LogP contribution in [-0.2, 0) is 17.6 Å². The van der Waals surface area contributed by atoms with E-state index in [0.717, 1.165) is 48.2 Å². The van der Waals surface area contributed by atoms with Crippen LogP contribution in [0.4, 0.5) is 5.00 Å². The highest BCUT2D eigenvalue weighted by Gasteiger charge is 2.27. The Morgan fingerprint density at radius 1 is 1.03 bits per heavy atom. The quantitative estimate of drug-likeness (QED) is 0.313. The molecule has 31 heavy (non-hydrogen) atoms. The first-order valence-electron chi connectivity index (χ1n) is 10.4. The van der Waals surface area contributed by atoms with E-state index in [9.17, 15) is 9.59 Å². The Morgan fingerprint density at radius 2 is 1.71 bits per heavy atom. The molecule has 1 N–H and O–H groups in total. The van der Waals surface area contributed by atoms with Gasteiger partial charge in [-0.2, -0.15) is 0 Å². The number of aryl methyl sites for hydroxylation is 4. The Balaban J connectivity index is 1.56. The normalized spacial score (nSPS) is 13.0. The Hall–Kier alpha value is -2.51. The molecule has 0 aliphatic heterocycles. The zero-order valence-electron chi connectivity index (χ0n) is 17.9. The number of anilines is 1. The van der Waals surface area contributed by atoms with E-state index in [1.54, 1.807) is 11.3 Å². The molecule has 5 nitrogen and oxygen atoms in total. The van der Waals surface area contributed by atoms with Gasteiger partial charge >= 0.3 is 0 Å². The van der Waals surface area contributed by atoms with Gasteiger partial charge in [-0.1, -0.05) is 41.6 Å². The standard InChI is InChI=1S/C24H25N3O2S2/c1-14-8-10-17(11-9-14)22(29)21-18-6-4-5-7-19(18)31-23(21)27-20(28)13-30-24-25-15(2)12-16(3)26-24/h8-12H,4-7,13H2,1-3H3,(H,27,28). The number of amides is 1. The number of nitrogens with zero attached hydrogens (tertiary/aromatic N) is 2. The zero-order valence-corrected chi connectivity index (χ0v) is 19.6. The van der Waals surface area contributed by atoms with Crippen molar-refractivity contribution in [2.45, 2.75) is 51.6 Å². The van der Waals surface area contributed by atoms with Gasteiger partial charge in [-0.05, 0) is 58.1 Å². The molecule has 3 aromatic rings. The van der Waals surface area contributed by atoms with Gasteiger partial charge in [0.15, 0.2) is 10.9 Å². The number of carbonyl (C=O) groups is 2. The number of thioether (sulfide) groups is 1. The molecule has 160 valence electrons. The Bertz CT molecular complexity index is 1120. The summed E-state index contributed by atoms with van der Waals surface area (Å²) in [6, 6.07) is 9.53. The molecule has 0 spiro atoms. The third kappa shape index (κ3) is 5.05. The van der Waals surface area contributed by atoms with Gasteiger partial charge < -0.3 is 5.32 Å². The van der Waals surface area contributed by atoms with Crippen LogP contribution in [0.1, 0.15) is 56.2 Å². The van der Waals surface area contributed by atoms with Gasteiger partial charge in [-0.15, -0.1) is 11.3 Å². The van der Waals surface area contributed by atoms with Gasteiger partial charge in [0.1, 0.15) is 5.00 Å². The minimum Gasteiger partial charge on any atom is -0.316 e. The van der Waals surface area contributed by atoms with Gasteiger partial charge in [0.25, 0.3) is 0 Å². The summed E-state index contributed by atoms with van der Waals surface area (Å²) in [6.07, 6.45) is 4.05. The minimum absolute atomic E-state index is 0.0139. The van der Waals surface area contributed by atoms with Crippen molar-refractivity contribution in [2.75, 3.05) is 11.1 Å². The molecule has 1 aromatic carbocycles. The molecule has 2 heterocycles. The number of hydrogen-bond donors (Lipinski definition) is 1. The van der Waals surface area contributed by atoms with Gasteiger partial charge in [0.2, 0.25) is 5.91 Å². The van der Waals surface area contributed by atoms with Crippen LogP contribution in [0.15, 0.2) is 35.5 Å². The molecule has 4 rings (SSSR count). The zero-order chi connectivity index (χ0) is 22.0. The van der Waals surface area contributed by atoms with Crippen molar-refractivity contribution in [3.63, 3.8) is 0 Å². The predicted octanol–water partition coefficient (Wildman–Crippen LogP) is 5.30. The van der Waals surface area contributed by atoms with E-state index < -0.39 is 0 Å². The van der Waals surface area contributed by atoms with Crippen molar-refractivity contribution in [1.29, 1.82) is 0 Å². The Morgan fingerprint density at radius 3 is 2.42 bits per heavy atom. The van der Waals surface area contributed by atoms with Crippen LogP contribution in [0.3, 0.4) is 0 Å². The molecule has 0 saturated heterocycles. The second kappa shape index (κ2) is 9.32. The van der Waals surface area contributed by atoms with E-state index in [0.29, 0.717) is 21.3 Å². The first kappa shape index (κ1) is 21.7. The summed E-state index contributed by atoms with van der Waals surface area (Å²) in [5.41, 5.74) is 5.32. The van der Waals surface area contributed by atoms with Crippen molar-refractivity contribution in [3.8, 4) is 0 Å². The number of benzene rings is 1. The minimum atomic E-state index is -0.149. The molecule has 0 bridgehead atoms. The third-order valence-electron chi connectivity index (χ3n) is 5.26. The van der Waals surface area contributed by atoms with Crippen LogP contribution >= 0.6 is 23.1 Å². The molecule has 0 atom stereocenters. The first-order valence-corrected chi connectivity index (χ1v) is 12.2. The highest BCUT2D eigenvalue weighted by atomic mass is 32.2. The van der Waals surface area contributed by atoms with Crippen molar-refractivity contribution >= 4 is 39.8 Å². The van der Waals surface area contributed by atoms with Gasteiger partial charge in [-0.3, -0.25) is 9.59 Å². The summed E-state index contributed by atoms with van der Waals surface area (Å²) in [6.45, 7) is 5.83. The van der Waals surface area contributed by atoms with E-state index in [-0.39, 0.29) is 17.4 Å². The molecule has 0 fully saturated rings. The molecule has 0 saturated carbocycles. The van der Waals surface area contributed by atoms with Gasteiger partial charge in [0.05, 0.1) is 11.3 Å². The number of carbonyl (C=O) groups excluding carboxylic acids is 2. The molecule has 1 amide bonds. The maximum Gasteiger partial charge on any atom is 0.235 e. The molecule has 2 aromatic heterocycles. The average molecular weight is 452 g/mol. The summed E-state index contributed by atoms with van der Waals surface area (Å²) in [5.74, 6) is 0.0354. The number of nitrogens with one attached hydrogen (secondary N) is 1. The van der Waals surface area contributed by atoms with Crippen LogP contribution in [0.2, 0.25) is 0 Å². The largest absolute Gasteiger partial charge is 0.316 e. The van der Waals surface area contributed by atoms with Crippen molar-refractivity contribution in [2.24, 2.45) is 0 Å². The highest BCUT2D eigenvalue weighted by Crippen LogP contribution is 2.39. The molecular weight excluding hydrogens is 426 g/mol. The maximum absolute atomic E-state index is 13.4. The molecule has 1 aliphatic carbocycles. The number of ketones is 1. The number of aromatic nitrogens is 2. The monoisotopic (exact) mass is 451 g/mol. The van der Waals surface area contributed by atoms with Crippen LogP contribution in [0.25, 0.3) is 0 Å². The van der Waals surface area contributed by atoms with Crippen molar-refractivity contribution < 1.29 is 9.59 Å². The van der Waals surface area contributed by atoms with Crippen LogP contribution in [0, 0.1) is 20.8 Å². The van der Waals surface area contributed by atoms with E-state index in [1.807, 2.05) is 51.1 Å². The molecule has 1 aliphatic rings. The highest BCUT2D eigenvalue weighted by molar-refractivity contribution is 7.99. The SMILES string of the molecule is Cc1ccc(C(=O)c2c(NC(=O)CSc3nc(C)cc(C)n3)sc3c2CCCC3)cc1. The number of thiophene rings is 1. The second-order valence-electron chi connectivity index (χ2n) is 7.88. The lowest BCUT2D eigenvalue weighted by atomic mass is 9.91. The van der Waals surface area contributed by atoms with E-state index in [1.165, 1.54) is 16.6 Å². The lowest BCUT2D eigenvalue weighted by Gasteiger charge is -2.13. The molecular formula is C24H25N3O2S2. The lowest BCUT2D eigenvalue weighted by Crippen LogP contribution is -2.16. The first-order chi connectivity index (χ1) is 14.9. The van der Waals surface area contributed by atoms with E-state index >= 15 is 0 Å². The fourth-order valence-electron chi connectivity index (χ4n) is 3.79. The van der Waals surface area contributed by atoms with Crippen LogP contribution in [0.5, 0.6) is 0 Å². The number of fused-ring (bicyclic) bond motifs is 1. The predicted molar refractivity (Wildman–Crippen MR) is 126 cm³/mol. The topological polar surface area (TPSA) is 72.0 Å². The molecule has 0 radical (unpaired) electrons. The van der Waals surface area contributed by atoms with E-state index in [2.05, 4.69) is 15.3 Å². The fraction of sp³-hybridized carbons (Fsp3) is 0.333. The van der Waals surface area contributed by atoms with Crippen LogP contribution in [-0.4, -0.2) is 27.4 Å². The Kier molecular flexibility index (Phi) is 6.53. The van der Waals surface area contributed by atoms with Crippen molar-refractivity contribution in [3.05, 3.63) is 68.9 Å². The van der Waals surface area contributed by atoms with E-state index in [4.69, 9.17) is 0 Å². The second-order valence-corrected chi connectivity index (χ2v) is 9.93. The summed E-state index contributed by atoms with van der Waals surface area (Å²) in [7, 11) is 0. The van der Waals surface area contributed by atoms with Crippen molar-refractivity contribution in [1.82, 2.24) is 9.97 Å². The lowest BCUT2D eigenvalue weighted by molar-refractivity contribution is -0.113. The summed E-state index contributed by atoms with van der Waals surface area (Å²) in [4.78, 5) is 36.1. The van der Waals surface area contributed by atoms with Gasteiger partial charge in [0, 0.05) is 21.8 Å². The number of rotatable bonds is 6. The average Bonchev–Trinajstić information content (AvgIpc) is 3.09. The smallest absolute Gasteiger partial charge is 0.235 e. The maximum atomic E-state index is 13.4. The summed E-state index contributed by atoms with van der Waals surface area (Å²) < 4.78 is 0. The van der Waals surface area contributed by atoms with Gasteiger partial charge in [-0.25, -0.2) is 9.97 Å².